The van der Waals surface area contributed by atoms with Crippen LogP contribution in [0.2, 0.25) is 0 Å². The van der Waals surface area contributed by atoms with Gasteiger partial charge in [0, 0.05) is 5.56 Å². The molecule has 84 valence electrons. The van der Waals surface area contributed by atoms with Crippen LogP contribution in [0.25, 0.3) is 0 Å². The van der Waals surface area contributed by atoms with Gasteiger partial charge in [-0.1, -0.05) is 0 Å². The molecule has 0 bridgehead atoms. The minimum Gasteiger partial charge on any atom is -0.496 e. The third kappa shape index (κ3) is 2.20. The summed E-state index contributed by atoms with van der Waals surface area (Å²) >= 11 is 0. The van der Waals surface area contributed by atoms with Crippen molar-refractivity contribution in [2.45, 2.75) is 11.8 Å². The summed E-state index contributed by atoms with van der Waals surface area (Å²) < 4.78 is 44.2. The first-order chi connectivity index (χ1) is 6.91. The van der Waals surface area contributed by atoms with Crippen LogP contribution in [-0.2, 0) is 10.2 Å². The lowest BCUT2D eigenvalue weighted by Crippen LogP contribution is -2.00. The first kappa shape index (κ1) is 11.8. The van der Waals surface area contributed by atoms with Crippen LogP contribution >= 0.6 is 0 Å². The second kappa shape index (κ2) is 4.06. The normalized spacial score (nSPS) is 11.2. The first-order valence-corrected chi connectivity index (χ1v) is 5.46. The Kier molecular flexibility index (Phi) is 3.18. The average Bonchev–Trinajstić information content (AvgIpc) is 2.15. The standard InChI is InChI=1S/C9H11FO4S/c1-6-7(13-2)4-5-8(9(6)14-3)15(10,11)12/h4-5H,1-3H3. The van der Waals surface area contributed by atoms with E-state index in [4.69, 9.17) is 9.47 Å². The van der Waals surface area contributed by atoms with Gasteiger partial charge in [0.1, 0.15) is 16.4 Å². The quantitative estimate of drug-likeness (QED) is 0.746. The topological polar surface area (TPSA) is 52.6 Å². The van der Waals surface area contributed by atoms with Gasteiger partial charge in [-0.05, 0) is 19.1 Å². The predicted octanol–water partition coefficient (Wildman–Crippen LogP) is 1.67. The van der Waals surface area contributed by atoms with E-state index in [-0.39, 0.29) is 5.75 Å². The van der Waals surface area contributed by atoms with Crippen LogP contribution in [0.1, 0.15) is 5.56 Å². The number of hydrogen-bond acceptors (Lipinski definition) is 4. The lowest BCUT2D eigenvalue weighted by molar-refractivity contribution is 0.379. The van der Waals surface area contributed by atoms with E-state index in [2.05, 4.69) is 0 Å². The Hall–Kier alpha value is -1.30. The van der Waals surface area contributed by atoms with E-state index in [9.17, 15) is 12.3 Å². The molecule has 0 saturated carbocycles. The van der Waals surface area contributed by atoms with E-state index in [0.29, 0.717) is 11.3 Å². The maximum atomic E-state index is 12.8. The molecule has 0 N–H and O–H groups in total. The fraction of sp³-hybridized carbons (Fsp3) is 0.333. The first-order valence-electron chi connectivity index (χ1n) is 4.08. The average molecular weight is 234 g/mol. The number of ether oxygens (including phenoxy) is 2. The van der Waals surface area contributed by atoms with Crippen molar-refractivity contribution in [3.05, 3.63) is 17.7 Å². The number of hydrogen-bond donors (Lipinski definition) is 0. The van der Waals surface area contributed by atoms with Crippen molar-refractivity contribution in [2.24, 2.45) is 0 Å². The Balaban J connectivity index is 3.52. The molecule has 1 rings (SSSR count). The lowest BCUT2D eigenvalue weighted by atomic mass is 10.2. The van der Waals surface area contributed by atoms with Crippen LogP contribution in [0.4, 0.5) is 3.89 Å². The zero-order chi connectivity index (χ0) is 11.6. The van der Waals surface area contributed by atoms with Gasteiger partial charge in [-0.25, -0.2) is 0 Å². The maximum Gasteiger partial charge on any atom is 0.335 e. The van der Waals surface area contributed by atoms with Gasteiger partial charge in [0.25, 0.3) is 0 Å². The molecule has 0 fully saturated rings. The Morgan fingerprint density at radius 2 is 1.80 bits per heavy atom. The molecular formula is C9H11FO4S. The summed E-state index contributed by atoms with van der Waals surface area (Å²) in [5.41, 5.74) is 0.443. The summed E-state index contributed by atoms with van der Waals surface area (Å²) in [5, 5.41) is 0. The van der Waals surface area contributed by atoms with Crippen molar-refractivity contribution in [2.75, 3.05) is 14.2 Å². The third-order valence-corrected chi connectivity index (χ3v) is 2.85. The Morgan fingerprint density at radius 1 is 1.20 bits per heavy atom. The number of methoxy groups -OCH3 is 2. The fourth-order valence-corrected chi connectivity index (χ4v) is 2.00. The molecule has 0 aliphatic heterocycles. The molecule has 6 heteroatoms. The Bertz CT molecular complexity index is 467. The summed E-state index contributed by atoms with van der Waals surface area (Å²) in [5.74, 6) is 0.413. The van der Waals surface area contributed by atoms with Crippen molar-refractivity contribution >= 4 is 10.2 Å². The van der Waals surface area contributed by atoms with Crippen LogP contribution in [0.5, 0.6) is 11.5 Å². The third-order valence-electron chi connectivity index (χ3n) is 2.01. The van der Waals surface area contributed by atoms with Crippen LogP contribution in [0, 0.1) is 6.92 Å². The van der Waals surface area contributed by atoms with Gasteiger partial charge in [-0.2, -0.15) is 8.42 Å². The summed E-state index contributed by atoms with van der Waals surface area (Å²) in [7, 11) is -2.06. The molecule has 0 heterocycles. The molecule has 1 aromatic carbocycles. The van der Waals surface area contributed by atoms with Crippen molar-refractivity contribution < 1.29 is 21.8 Å². The summed E-state index contributed by atoms with van der Waals surface area (Å²) in [6.07, 6.45) is 0. The van der Waals surface area contributed by atoms with Crippen LogP contribution in [0.15, 0.2) is 17.0 Å². The zero-order valence-electron chi connectivity index (χ0n) is 8.57. The highest BCUT2D eigenvalue weighted by atomic mass is 32.3. The van der Waals surface area contributed by atoms with E-state index >= 15 is 0 Å². The summed E-state index contributed by atoms with van der Waals surface area (Å²) in [6.45, 7) is 1.59. The van der Waals surface area contributed by atoms with Crippen LogP contribution < -0.4 is 9.47 Å². The molecule has 0 aliphatic rings. The molecule has 0 radical (unpaired) electrons. The molecular weight excluding hydrogens is 223 g/mol. The highest BCUT2D eigenvalue weighted by Crippen LogP contribution is 2.34. The van der Waals surface area contributed by atoms with Crippen molar-refractivity contribution in [3.63, 3.8) is 0 Å². The number of rotatable bonds is 3. The highest BCUT2D eigenvalue weighted by Gasteiger charge is 2.21. The van der Waals surface area contributed by atoms with Crippen molar-refractivity contribution in [3.8, 4) is 11.5 Å². The van der Waals surface area contributed by atoms with Gasteiger partial charge in [0.05, 0.1) is 14.2 Å². The van der Waals surface area contributed by atoms with Crippen LogP contribution in [0.3, 0.4) is 0 Å². The molecule has 0 amide bonds. The van der Waals surface area contributed by atoms with E-state index in [1.807, 2.05) is 0 Å². The molecule has 0 unspecified atom stereocenters. The van der Waals surface area contributed by atoms with E-state index in [1.165, 1.54) is 20.3 Å². The van der Waals surface area contributed by atoms with Gasteiger partial charge in [-0.3, -0.25) is 0 Å². The lowest BCUT2D eigenvalue weighted by Gasteiger charge is -2.11. The van der Waals surface area contributed by atoms with Gasteiger partial charge >= 0.3 is 10.2 Å². The molecule has 0 aliphatic carbocycles. The van der Waals surface area contributed by atoms with Gasteiger partial charge in [0.15, 0.2) is 0 Å². The van der Waals surface area contributed by atoms with Gasteiger partial charge in [0.2, 0.25) is 0 Å². The fourth-order valence-electron chi connectivity index (χ4n) is 1.32. The summed E-state index contributed by atoms with van der Waals surface area (Å²) in [4.78, 5) is -0.483. The van der Waals surface area contributed by atoms with E-state index in [1.54, 1.807) is 6.92 Å². The van der Waals surface area contributed by atoms with E-state index in [0.717, 1.165) is 6.07 Å². The van der Waals surface area contributed by atoms with Crippen molar-refractivity contribution in [1.82, 2.24) is 0 Å². The molecule has 0 atom stereocenters. The molecule has 15 heavy (non-hydrogen) atoms. The maximum absolute atomic E-state index is 12.8. The number of benzene rings is 1. The Morgan fingerprint density at radius 3 is 2.20 bits per heavy atom. The SMILES string of the molecule is COc1ccc(S(=O)(=O)F)c(OC)c1C. The minimum atomic E-state index is -4.77. The largest absolute Gasteiger partial charge is 0.496 e. The van der Waals surface area contributed by atoms with Gasteiger partial charge < -0.3 is 9.47 Å². The van der Waals surface area contributed by atoms with Gasteiger partial charge in [-0.15, -0.1) is 3.89 Å². The molecule has 1 aromatic rings. The second-order valence-electron chi connectivity index (χ2n) is 2.86. The Labute approximate surface area is 87.8 Å². The monoisotopic (exact) mass is 234 g/mol. The zero-order valence-corrected chi connectivity index (χ0v) is 9.39. The molecule has 0 spiro atoms. The van der Waals surface area contributed by atoms with E-state index < -0.39 is 15.1 Å². The molecule has 0 aromatic heterocycles. The summed E-state index contributed by atoms with van der Waals surface area (Å²) in [6, 6.07) is 2.49. The van der Waals surface area contributed by atoms with Crippen LogP contribution in [-0.4, -0.2) is 22.6 Å². The minimum absolute atomic E-state index is 0.0307. The van der Waals surface area contributed by atoms with Crippen molar-refractivity contribution in [1.29, 1.82) is 0 Å². The second-order valence-corrected chi connectivity index (χ2v) is 4.18. The molecule has 4 nitrogen and oxygen atoms in total. The smallest absolute Gasteiger partial charge is 0.335 e. The predicted molar refractivity (Wildman–Crippen MR) is 52.6 cm³/mol. The number of halogens is 1. The highest BCUT2D eigenvalue weighted by molar-refractivity contribution is 7.86. The molecule has 0 saturated heterocycles.